The van der Waals surface area contributed by atoms with Gasteiger partial charge in [-0.05, 0) is 59.7 Å². The smallest absolute Gasteiger partial charge is 0.102 e. The third kappa shape index (κ3) is 4.88. The largest absolute Gasteiger partial charge is 0.733 e. The molecule has 0 unspecified atom stereocenters. The average molecular weight is 632 g/mol. The van der Waals surface area contributed by atoms with E-state index in [1.54, 1.807) is 0 Å². The third-order valence-electron chi connectivity index (χ3n) is 7.32. The molecule has 0 aromatic heterocycles. The molecule has 0 heterocycles. The van der Waals surface area contributed by atoms with Crippen LogP contribution in [-0.2, 0) is 0 Å². The predicted molar refractivity (Wildman–Crippen MR) is 161 cm³/mol. The van der Waals surface area contributed by atoms with Crippen LogP contribution in [0.25, 0.3) is 22.3 Å². The van der Waals surface area contributed by atoms with E-state index in [4.69, 9.17) is 0 Å². The first-order valence-corrected chi connectivity index (χ1v) is 12.6. The lowest BCUT2D eigenvalue weighted by Gasteiger charge is -2.29. The van der Waals surface area contributed by atoms with Gasteiger partial charge in [-0.15, -0.1) is 10.2 Å². The number of nitrogens with zero attached hydrogens (tertiary/aromatic N) is 8. The van der Waals surface area contributed by atoms with Gasteiger partial charge in [-0.1, -0.05) is 12.1 Å². The molecule has 0 spiro atoms. The molecule has 6 rings (SSSR count). The summed E-state index contributed by atoms with van der Waals surface area (Å²) < 4.78 is 0. The van der Waals surface area contributed by atoms with Gasteiger partial charge in [0.05, 0.1) is 34.1 Å². The number of hydrogen-bond acceptors (Lipinski definition) is 20. The lowest BCUT2D eigenvalue weighted by molar-refractivity contribution is 0.292. The Bertz CT molecular complexity index is 1810. The van der Waals surface area contributed by atoms with Gasteiger partial charge in [0, 0.05) is 33.4 Å². The second-order valence-corrected chi connectivity index (χ2v) is 9.77. The molecule has 20 nitrogen and oxygen atoms in total. The normalized spacial score (nSPS) is 14.2. The average Bonchev–Trinajstić information content (AvgIpc) is 3.49. The van der Waals surface area contributed by atoms with Crippen LogP contribution in [0, 0.1) is 31.2 Å². The summed E-state index contributed by atoms with van der Waals surface area (Å²) in [6.07, 6.45) is 0. The molecule has 238 valence electrons. The van der Waals surface area contributed by atoms with E-state index >= 15 is 0 Å². The van der Waals surface area contributed by atoms with Crippen LogP contribution in [0.2, 0.25) is 0 Å². The van der Waals surface area contributed by atoms with Crippen LogP contribution in [0.5, 0.6) is 0 Å². The highest BCUT2D eigenvalue weighted by atomic mass is 16.8. The van der Waals surface area contributed by atoms with E-state index in [1.807, 2.05) is 0 Å². The van der Waals surface area contributed by atoms with Crippen molar-refractivity contribution in [2.45, 2.75) is 0 Å². The van der Waals surface area contributed by atoms with Crippen LogP contribution in [-0.4, -0.2) is 42.7 Å². The molecule has 4 aromatic rings. The molecule has 0 radical (unpaired) electrons. The molecule has 0 bridgehead atoms. The summed E-state index contributed by atoms with van der Waals surface area (Å²) in [4.78, 5) is 0. The topological polar surface area (TPSA) is 304 Å². The zero-order valence-electron chi connectivity index (χ0n) is 22.5. The predicted octanol–water partition coefficient (Wildman–Crippen LogP) is 4.10. The van der Waals surface area contributed by atoms with Gasteiger partial charge < -0.3 is 62.6 Å². The van der Waals surface area contributed by atoms with Gasteiger partial charge in [-0.2, -0.15) is 0 Å². The molecule has 0 amide bonds. The maximum absolute atomic E-state index is 12.1. The second-order valence-electron chi connectivity index (χ2n) is 9.77. The van der Waals surface area contributed by atoms with Crippen LogP contribution >= 0.6 is 0 Å². The highest BCUT2D eigenvalue weighted by molar-refractivity contribution is 6.29. The Morgan fingerprint density at radius 3 is 1.00 bits per heavy atom. The van der Waals surface area contributed by atoms with E-state index in [1.165, 1.54) is 24.3 Å². The summed E-state index contributed by atoms with van der Waals surface area (Å²) in [5.41, 5.74) is -2.92. The van der Waals surface area contributed by atoms with Gasteiger partial charge in [0.15, 0.2) is 0 Å². The quantitative estimate of drug-likeness (QED) is 0.135. The summed E-state index contributed by atoms with van der Waals surface area (Å²) in [6.45, 7) is 0. The molecule has 20 heteroatoms. The Morgan fingerprint density at radius 2 is 0.696 bits per heavy atom. The number of benzene rings is 4. The first-order valence-electron chi connectivity index (χ1n) is 12.6. The standard InChI is InChI=1S/C26H16N8O12/c35-29(36)11-1-3-15-17(5-11)25(19-7-13(31(39)40)9-21(23(15)19)33(43)44)27-28-26-18-6-12(30(37)38)2-4-16(18)24-20(26)8-14(32(41)42)10-22(24)34(45)46/h1-10,35,37,39,41,43,45H/q-6/b27-25-,28-26-. The Morgan fingerprint density at radius 1 is 0.370 bits per heavy atom. The molecule has 0 fully saturated rings. The van der Waals surface area contributed by atoms with Gasteiger partial charge >= 0.3 is 0 Å². The van der Waals surface area contributed by atoms with E-state index in [-0.39, 0.29) is 67.3 Å². The van der Waals surface area contributed by atoms with E-state index < -0.39 is 54.1 Å². The minimum Gasteiger partial charge on any atom is -0.733 e. The van der Waals surface area contributed by atoms with Gasteiger partial charge in [-0.3, -0.25) is 31.2 Å². The Balaban J connectivity index is 1.68. The molecule has 2 aliphatic rings. The summed E-state index contributed by atoms with van der Waals surface area (Å²) in [7, 11) is 0. The molecular formula is C26H16N8O12-6. The Kier molecular flexibility index (Phi) is 7.42. The van der Waals surface area contributed by atoms with E-state index in [0.717, 1.165) is 36.4 Å². The lowest BCUT2D eigenvalue weighted by Crippen LogP contribution is -2.13. The molecule has 2 aliphatic carbocycles. The summed E-state index contributed by atoms with van der Waals surface area (Å²) >= 11 is 0. The van der Waals surface area contributed by atoms with Crippen molar-refractivity contribution in [1.82, 2.24) is 0 Å². The van der Waals surface area contributed by atoms with Gasteiger partial charge in [-0.25, -0.2) is 0 Å². The van der Waals surface area contributed by atoms with Crippen molar-refractivity contribution in [3.8, 4) is 22.3 Å². The summed E-state index contributed by atoms with van der Waals surface area (Å²) in [5.74, 6) is 0. The highest BCUT2D eigenvalue weighted by Crippen LogP contribution is 2.48. The molecule has 4 aromatic carbocycles. The van der Waals surface area contributed by atoms with E-state index in [9.17, 15) is 62.5 Å². The third-order valence-corrected chi connectivity index (χ3v) is 7.32. The van der Waals surface area contributed by atoms with Gasteiger partial charge in [0.2, 0.25) is 0 Å². The minimum atomic E-state index is -0.594. The van der Waals surface area contributed by atoms with Crippen molar-refractivity contribution < 1.29 is 31.2 Å². The van der Waals surface area contributed by atoms with Crippen molar-refractivity contribution >= 4 is 45.5 Å². The monoisotopic (exact) mass is 632 g/mol. The highest BCUT2D eigenvalue weighted by Gasteiger charge is 2.32. The maximum atomic E-state index is 12.1. The van der Waals surface area contributed by atoms with Crippen molar-refractivity contribution in [2.75, 3.05) is 31.4 Å². The Labute approximate surface area is 255 Å². The summed E-state index contributed by atoms with van der Waals surface area (Å²) in [6, 6.07) is 11.1. The fraction of sp³-hybridized carbons (Fsp3) is 0. The van der Waals surface area contributed by atoms with Crippen molar-refractivity contribution in [3.05, 3.63) is 114 Å². The molecule has 0 saturated heterocycles. The summed E-state index contributed by atoms with van der Waals surface area (Å²) in [5, 5.41) is 134. The van der Waals surface area contributed by atoms with Crippen LogP contribution < -0.4 is 31.4 Å². The van der Waals surface area contributed by atoms with Crippen molar-refractivity contribution in [3.63, 3.8) is 0 Å². The fourth-order valence-corrected chi connectivity index (χ4v) is 5.42. The number of anilines is 6. The molecule has 46 heavy (non-hydrogen) atoms. The number of fused-ring (bicyclic) bond motifs is 6. The first-order chi connectivity index (χ1) is 21.8. The fourth-order valence-electron chi connectivity index (χ4n) is 5.42. The second kappa shape index (κ2) is 11.2. The zero-order chi connectivity index (χ0) is 33.2. The van der Waals surface area contributed by atoms with E-state index in [0.29, 0.717) is 0 Å². The number of hydrogen-bond donors (Lipinski definition) is 6. The SMILES string of the molecule is [O-]N(O)c1ccc2c(c1)/C(=N/N=C1/c3cc(N([O-])O)ccc3-c3c1cc(N([O-])O)cc3N([O-])O)c1cc(N([O-])O)cc(N([O-])O)c1-2. The first kappa shape index (κ1) is 30.6. The molecule has 0 saturated carbocycles. The lowest BCUT2D eigenvalue weighted by atomic mass is 10.0. The number of rotatable bonds is 7. The van der Waals surface area contributed by atoms with Crippen LogP contribution in [0.1, 0.15) is 22.3 Å². The van der Waals surface area contributed by atoms with Crippen LogP contribution in [0.3, 0.4) is 0 Å². The van der Waals surface area contributed by atoms with Crippen LogP contribution in [0.4, 0.5) is 34.1 Å². The molecule has 0 atom stereocenters. The van der Waals surface area contributed by atoms with E-state index in [2.05, 4.69) is 10.2 Å². The minimum absolute atomic E-state index is 0.0232. The zero-order valence-corrected chi connectivity index (χ0v) is 22.5. The maximum Gasteiger partial charge on any atom is 0.102 e. The van der Waals surface area contributed by atoms with Crippen molar-refractivity contribution in [2.24, 2.45) is 10.2 Å². The van der Waals surface area contributed by atoms with Crippen LogP contribution in [0.15, 0.2) is 70.9 Å². The van der Waals surface area contributed by atoms with Gasteiger partial charge in [0.25, 0.3) is 0 Å². The molecular weight excluding hydrogens is 616 g/mol. The van der Waals surface area contributed by atoms with Crippen molar-refractivity contribution in [1.29, 1.82) is 0 Å². The molecule has 0 aliphatic heterocycles. The Hall–Kier alpha value is -5.46. The molecule has 6 N–H and O–H groups in total. The van der Waals surface area contributed by atoms with Gasteiger partial charge in [0.1, 0.15) is 11.4 Å².